The van der Waals surface area contributed by atoms with Gasteiger partial charge in [0.1, 0.15) is 5.82 Å². The molecule has 0 radical (unpaired) electrons. The summed E-state index contributed by atoms with van der Waals surface area (Å²) in [4.78, 5) is 11.9. The Hall–Kier alpha value is -2.37. The van der Waals surface area contributed by atoms with Gasteiger partial charge in [0.25, 0.3) is 0 Å². The highest BCUT2D eigenvalue weighted by molar-refractivity contribution is 5.89. The number of anilines is 1. The summed E-state index contributed by atoms with van der Waals surface area (Å²) in [6.45, 7) is 4.27. The van der Waals surface area contributed by atoms with Gasteiger partial charge in [-0.1, -0.05) is 12.1 Å². The van der Waals surface area contributed by atoms with Gasteiger partial charge in [0.05, 0.1) is 12.8 Å². The predicted octanol–water partition coefficient (Wildman–Crippen LogP) is 3.40. The summed E-state index contributed by atoms with van der Waals surface area (Å²) < 4.78 is 20.4. The van der Waals surface area contributed by atoms with Gasteiger partial charge in [-0.2, -0.15) is 5.10 Å². The van der Waals surface area contributed by atoms with E-state index in [0.717, 1.165) is 0 Å². The maximum atomic E-state index is 13.3. The largest absolute Gasteiger partial charge is 0.491 e. The highest BCUT2D eigenvalue weighted by Crippen LogP contribution is 2.16. The van der Waals surface area contributed by atoms with Crippen molar-refractivity contribution in [1.29, 1.82) is 0 Å². The molecule has 0 aliphatic carbocycles. The fourth-order valence-electron chi connectivity index (χ4n) is 2.01. The van der Waals surface area contributed by atoms with E-state index in [4.69, 9.17) is 4.74 Å². The van der Waals surface area contributed by atoms with Gasteiger partial charge < -0.3 is 10.1 Å². The highest BCUT2D eigenvalue weighted by Gasteiger charge is 2.09. The third-order valence-electron chi connectivity index (χ3n) is 3.07. The number of hydrogen-bond acceptors (Lipinski definition) is 3. The minimum absolute atomic E-state index is 0.112. The summed E-state index contributed by atoms with van der Waals surface area (Å²) in [7, 11) is 0. The van der Waals surface area contributed by atoms with Crippen molar-refractivity contribution in [3.63, 3.8) is 0 Å². The third kappa shape index (κ3) is 4.31. The number of rotatable bonds is 7. The van der Waals surface area contributed by atoms with Crippen LogP contribution in [0.3, 0.4) is 0 Å². The van der Waals surface area contributed by atoms with Crippen LogP contribution in [0.25, 0.3) is 0 Å². The first-order valence-corrected chi connectivity index (χ1v) is 7.28. The van der Waals surface area contributed by atoms with Crippen molar-refractivity contribution in [3.05, 3.63) is 42.3 Å². The molecule has 22 heavy (non-hydrogen) atoms. The van der Waals surface area contributed by atoms with Crippen LogP contribution in [0.1, 0.15) is 32.7 Å². The number of aromatic nitrogens is 2. The Morgan fingerprint density at radius 3 is 2.86 bits per heavy atom. The Morgan fingerprint density at radius 1 is 1.36 bits per heavy atom. The number of amides is 1. The topological polar surface area (TPSA) is 56.2 Å². The maximum absolute atomic E-state index is 13.3. The molecule has 118 valence electrons. The molecule has 2 aromatic rings. The number of para-hydroxylation sites is 1. The van der Waals surface area contributed by atoms with Gasteiger partial charge in [0.15, 0.2) is 11.6 Å². The Bertz CT molecular complexity index is 625. The monoisotopic (exact) mass is 305 g/mol. The number of carbonyl (C=O) groups excluding carboxylic acids is 1. The number of nitrogens with one attached hydrogen (secondary N) is 1. The lowest BCUT2D eigenvalue weighted by molar-refractivity contribution is -0.116. The van der Waals surface area contributed by atoms with Crippen molar-refractivity contribution in [3.8, 4) is 5.75 Å². The molecule has 0 atom stereocenters. The molecule has 0 aliphatic heterocycles. The van der Waals surface area contributed by atoms with Crippen molar-refractivity contribution in [2.45, 2.75) is 32.7 Å². The van der Waals surface area contributed by atoms with Gasteiger partial charge in [0.2, 0.25) is 5.91 Å². The molecule has 1 aromatic heterocycles. The number of ether oxygens (including phenoxy) is 1. The standard InChI is InChI=1S/C16H20FN3O2/c1-12(2)20-15(9-10-18-20)19-16(21)8-5-11-22-14-7-4-3-6-13(14)17/h3-4,6-7,9-10,12H,5,8,11H2,1-2H3,(H,19,21). The van der Waals surface area contributed by atoms with Gasteiger partial charge >= 0.3 is 0 Å². The van der Waals surface area contributed by atoms with Crippen LogP contribution in [-0.4, -0.2) is 22.3 Å². The summed E-state index contributed by atoms with van der Waals surface area (Å²) in [6, 6.07) is 8.15. The molecule has 6 heteroatoms. The SMILES string of the molecule is CC(C)n1nccc1NC(=O)CCCOc1ccccc1F. The normalized spacial score (nSPS) is 10.7. The van der Waals surface area contributed by atoms with Crippen LogP contribution >= 0.6 is 0 Å². The lowest BCUT2D eigenvalue weighted by Gasteiger charge is -2.12. The average molecular weight is 305 g/mol. The molecule has 5 nitrogen and oxygen atoms in total. The molecule has 0 spiro atoms. The van der Waals surface area contributed by atoms with Crippen LogP contribution < -0.4 is 10.1 Å². The van der Waals surface area contributed by atoms with Crippen LogP contribution in [0.4, 0.5) is 10.2 Å². The van der Waals surface area contributed by atoms with Crippen LogP contribution in [0.15, 0.2) is 36.5 Å². The molecular formula is C16H20FN3O2. The van der Waals surface area contributed by atoms with E-state index in [2.05, 4.69) is 10.4 Å². The molecular weight excluding hydrogens is 285 g/mol. The van der Waals surface area contributed by atoms with Crippen molar-refractivity contribution >= 4 is 11.7 Å². The zero-order valence-electron chi connectivity index (χ0n) is 12.8. The molecule has 0 saturated heterocycles. The fourth-order valence-corrected chi connectivity index (χ4v) is 2.01. The lowest BCUT2D eigenvalue weighted by Crippen LogP contribution is -2.17. The van der Waals surface area contributed by atoms with Crippen molar-refractivity contribution < 1.29 is 13.9 Å². The van der Waals surface area contributed by atoms with Crippen LogP contribution in [0.5, 0.6) is 5.75 Å². The number of halogens is 1. The lowest BCUT2D eigenvalue weighted by atomic mass is 10.3. The molecule has 1 N–H and O–H groups in total. The number of benzene rings is 1. The highest BCUT2D eigenvalue weighted by atomic mass is 19.1. The van der Waals surface area contributed by atoms with E-state index in [9.17, 15) is 9.18 Å². The Labute approximate surface area is 129 Å². The van der Waals surface area contributed by atoms with Gasteiger partial charge in [-0.15, -0.1) is 0 Å². The van der Waals surface area contributed by atoms with Crippen molar-refractivity contribution in [2.24, 2.45) is 0 Å². The fraction of sp³-hybridized carbons (Fsp3) is 0.375. The maximum Gasteiger partial charge on any atom is 0.225 e. The smallest absolute Gasteiger partial charge is 0.225 e. The van der Waals surface area contributed by atoms with E-state index in [-0.39, 0.29) is 24.3 Å². The third-order valence-corrected chi connectivity index (χ3v) is 3.07. The summed E-state index contributed by atoms with van der Waals surface area (Å²) >= 11 is 0. The van der Waals surface area contributed by atoms with E-state index in [1.54, 1.807) is 35.1 Å². The summed E-state index contributed by atoms with van der Waals surface area (Å²) in [5.41, 5.74) is 0. The molecule has 0 aliphatic rings. The zero-order valence-corrected chi connectivity index (χ0v) is 12.8. The second-order valence-corrected chi connectivity index (χ2v) is 5.19. The van der Waals surface area contributed by atoms with Crippen LogP contribution in [0.2, 0.25) is 0 Å². The summed E-state index contributed by atoms with van der Waals surface area (Å²) in [6.07, 6.45) is 2.46. The Morgan fingerprint density at radius 2 is 2.14 bits per heavy atom. The Kier molecular flexibility index (Phi) is 5.52. The number of nitrogens with zero attached hydrogens (tertiary/aromatic N) is 2. The molecule has 0 saturated carbocycles. The first-order valence-electron chi connectivity index (χ1n) is 7.28. The second-order valence-electron chi connectivity index (χ2n) is 5.19. The molecule has 1 amide bonds. The zero-order chi connectivity index (χ0) is 15.9. The minimum Gasteiger partial charge on any atom is -0.491 e. The molecule has 0 fully saturated rings. The molecule has 1 heterocycles. The average Bonchev–Trinajstić information content (AvgIpc) is 2.93. The van der Waals surface area contributed by atoms with Crippen molar-refractivity contribution in [1.82, 2.24) is 9.78 Å². The summed E-state index contributed by atoms with van der Waals surface area (Å²) in [5, 5.41) is 6.96. The van der Waals surface area contributed by atoms with E-state index in [1.807, 2.05) is 13.8 Å². The molecule has 1 aromatic carbocycles. The summed E-state index contributed by atoms with van der Waals surface area (Å²) in [5.74, 6) is 0.378. The van der Waals surface area contributed by atoms with Crippen molar-refractivity contribution in [2.75, 3.05) is 11.9 Å². The molecule has 0 unspecified atom stereocenters. The number of carbonyl (C=O) groups is 1. The predicted molar refractivity (Wildman–Crippen MR) is 82.4 cm³/mol. The molecule has 0 bridgehead atoms. The van der Waals surface area contributed by atoms with E-state index >= 15 is 0 Å². The van der Waals surface area contributed by atoms with Crippen LogP contribution in [-0.2, 0) is 4.79 Å². The van der Waals surface area contributed by atoms with E-state index in [1.165, 1.54) is 6.07 Å². The van der Waals surface area contributed by atoms with Gasteiger partial charge in [0, 0.05) is 18.5 Å². The first-order chi connectivity index (χ1) is 10.6. The number of hydrogen-bond donors (Lipinski definition) is 1. The van der Waals surface area contributed by atoms with Gasteiger partial charge in [-0.25, -0.2) is 9.07 Å². The van der Waals surface area contributed by atoms with Gasteiger partial charge in [-0.05, 0) is 32.4 Å². The van der Waals surface area contributed by atoms with E-state index in [0.29, 0.717) is 18.7 Å². The quantitative estimate of drug-likeness (QED) is 0.798. The minimum atomic E-state index is -0.396. The Balaban J connectivity index is 1.74. The van der Waals surface area contributed by atoms with Gasteiger partial charge in [-0.3, -0.25) is 4.79 Å². The van der Waals surface area contributed by atoms with Crippen LogP contribution in [0, 0.1) is 5.82 Å². The first kappa shape index (κ1) is 16.0. The van der Waals surface area contributed by atoms with E-state index < -0.39 is 5.82 Å². The second kappa shape index (κ2) is 7.59. The molecule has 2 rings (SSSR count).